The van der Waals surface area contributed by atoms with Gasteiger partial charge in [-0.1, -0.05) is 48.8 Å². The zero-order valence-corrected chi connectivity index (χ0v) is 11.3. The van der Waals surface area contributed by atoms with Crippen molar-refractivity contribution in [3.63, 3.8) is 0 Å². The SMILES string of the molecule is CCNC(CC)C(C)c1cccc(Br)c1. The van der Waals surface area contributed by atoms with Gasteiger partial charge in [-0.3, -0.25) is 0 Å². The summed E-state index contributed by atoms with van der Waals surface area (Å²) in [5, 5.41) is 3.53. The van der Waals surface area contributed by atoms with E-state index in [1.54, 1.807) is 0 Å². The Labute approximate surface area is 101 Å². The Morgan fingerprint density at radius 3 is 2.60 bits per heavy atom. The van der Waals surface area contributed by atoms with Crippen molar-refractivity contribution in [1.29, 1.82) is 0 Å². The van der Waals surface area contributed by atoms with Crippen molar-refractivity contribution in [3.05, 3.63) is 34.3 Å². The monoisotopic (exact) mass is 269 g/mol. The van der Waals surface area contributed by atoms with Gasteiger partial charge in [-0.15, -0.1) is 0 Å². The van der Waals surface area contributed by atoms with E-state index in [2.05, 4.69) is 66.3 Å². The van der Waals surface area contributed by atoms with Crippen molar-refractivity contribution in [1.82, 2.24) is 5.32 Å². The standard InChI is InChI=1S/C13H20BrN/c1-4-13(15-5-2)10(3)11-7-6-8-12(14)9-11/h6-10,13,15H,4-5H2,1-3H3. The van der Waals surface area contributed by atoms with E-state index in [4.69, 9.17) is 0 Å². The van der Waals surface area contributed by atoms with Crippen molar-refractivity contribution < 1.29 is 0 Å². The summed E-state index contributed by atoms with van der Waals surface area (Å²) in [4.78, 5) is 0. The normalized spacial score (nSPS) is 14.9. The molecular weight excluding hydrogens is 250 g/mol. The molecule has 0 aromatic heterocycles. The molecule has 0 saturated heterocycles. The van der Waals surface area contributed by atoms with E-state index in [0.717, 1.165) is 6.54 Å². The van der Waals surface area contributed by atoms with E-state index in [1.165, 1.54) is 16.5 Å². The molecule has 0 aliphatic heterocycles. The number of hydrogen-bond acceptors (Lipinski definition) is 1. The van der Waals surface area contributed by atoms with Crippen LogP contribution < -0.4 is 5.32 Å². The molecule has 0 aliphatic carbocycles. The number of rotatable bonds is 5. The molecule has 1 aromatic carbocycles. The third-order valence-electron chi connectivity index (χ3n) is 2.88. The van der Waals surface area contributed by atoms with Gasteiger partial charge < -0.3 is 5.32 Å². The molecule has 1 N–H and O–H groups in total. The zero-order chi connectivity index (χ0) is 11.3. The fourth-order valence-corrected chi connectivity index (χ4v) is 2.38. The topological polar surface area (TPSA) is 12.0 Å². The first-order chi connectivity index (χ1) is 7.19. The highest BCUT2D eigenvalue weighted by Crippen LogP contribution is 2.23. The summed E-state index contributed by atoms with van der Waals surface area (Å²) in [6, 6.07) is 9.17. The van der Waals surface area contributed by atoms with Crippen molar-refractivity contribution in [2.24, 2.45) is 0 Å². The van der Waals surface area contributed by atoms with Crippen molar-refractivity contribution in [2.75, 3.05) is 6.54 Å². The van der Waals surface area contributed by atoms with Gasteiger partial charge in [0.25, 0.3) is 0 Å². The van der Waals surface area contributed by atoms with Crippen molar-refractivity contribution >= 4 is 15.9 Å². The molecule has 15 heavy (non-hydrogen) atoms. The Morgan fingerprint density at radius 2 is 2.07 bits per heavy atom. The largest absolute Gasteiger partial charge is 0.314 e. The number of nitrogens with one attached hydrogen (secondary N) is 1. The minimum Gasteiger partial charge on any atom is -0.314 e. The van der Waals surface area contributed by atoms with E-state index >= 15 is 0 Å². The first-order valence-electron chi connectivity index (χ1n) is 5.67. The molecule has 84 valence electrons. The third kappa shape index (κ3) is 3.62. The smallest absolute Gasteiger partial charge is 0.0178 e. The van der Waals surface area contributed by atoms with Crippen LogP contribution in [0.5, 0.6) is 0 Å². The van der Waals surface area contributed by atoms with Crippen LogP contribution >= 0.6 is 15.9 Å². The maximum absolute atomic E-state index is 3.53. The van der Waals surface area contributed by atoms with E-state index in [1.807, 2.05) is 0 Å². The Morgan fingerprint density at radius 1 is 1.33 bits per heavy atom. The quantitative estimate of drug-likeness (QED) is 0.854. The second kappa shape index (κ2) is 6.29. The third-order valence-corrected chi connectivity index (χ3v) is 3.38. The molecule has 1 rings (SSSR count). The first-order valence-corrected chi connectivity index (χ1v) is 6.47. The van der Waals surface area contributed by atoms with E-state index in [-0.39, 0.29) is 0 Å². The Hall–Kier alpha value is -0.340. The summed E-state index contributed by atoms with van der Waals surface area (Å²) < 4.78 is 1.17. The second-order valence-corrected chi connectivity index (χ2v) is 4.83. The molecule has 0 aliphatic rings. The molecule has 1 nitrogen and oxygen atoms in total. The average Bonchev–Trinajstić information content (AvgIpc) is 2.25. The lowest BCUT2D eigenvalue weighted by molar-refractivity contribution is 0.448. The van der Waals surface area contributed by atoms with Gasteiger partial charge >= 0.3 is 0 Å². The highest BCUT2D eigenvalue weighted by molar-refractivity contribution is 9.10. The lowest BCUT2D eigenvalue weighted by Gasteiger charge is -2.24. The summed E-state index contributed by atoms with van der Waals surface area (Å²) in [5.41, 5.74) is 1.40. The molecule has 0 amide bonds. The van der Waals surface area contributed by atoms with Crippen molar-refractivity contribution in [2.45, 2.75) is 39.2 Å². The van der Waals surface area contributed by atoms with Gasteiger partial charge in [0.2, 0.25) is 0 Å². The van der Waals surface area contributed by atoms with Crippen LogP contribution in [-0.4, -0.2) is 12.6 Å². The fourth-order valence-electron chi connectivity index (χ4n) is 1.96. The molecule has 2 atom stereocenters. The molecule has 1 aromatic rings. The van der Waals surface area contributed by atoms with Crippen LogP contribution in [0.4, 0.5) is 0 Å². The molecule has 2 heteroatoms. The van der Waals surface area contributed by atoms with Crippen LogP contribution in [0.15, 0.2) is 28.7 Å². The highest BCUT2D eigenvalue weighted by atomic mass is 79.9. The van der Waals surface area contributed by atoms with Crippen molar-refractivity contribution in [3.8, 4) is 0 Å². The summed E-state index contributed by atoms with van der Waals surface area (Å²) in [6.45, 7) is 7.73. The maximum atomic E-state index is 3.53. The van der Waals surface area contributed by atoms with Gasteiger partial charge in [-0.05, 0) is 36.6 Å². The Kier molecular flexibility index (Phi) is 5.34. The molecule has 0 spiro atoms. The van der Waals surface area contributed by atoms with Gasteiger partial charge in [-0.2, -0.15) is 0 Å². The lowest BCUT2D eigenvalue weighted by Crippen LogP contribution is -2.32. The summed E-state index contributed by atoms with van der Waals surface area (Å²) in [5.74, 6) is 0.562. The number of halogens is 1. The molecule has 0 fully saturated rings. The Balaban J connectivity index is 2.77. The first kappa shape index (κ1) is 12.7. The summed E-state index contributed by atoms with van der Waals surface area (Å²) >= 11 is 3.52. The molecule has 0 saturated carbocycles. The van der Waals surface area contributed by atoms with Crippen LogP contribution in [0, 0.1) is 0 Å². The van der Waals surface area contributed by atoms with Crippen LogP contribution in [0.3, 0.4) is 0 Å². The van der Waals surface area contributed by atoms with Gasteiger partial charge in [-0.25, -0.2) is 0 Å². The van der Waals surface area contributed by atoms with Crippen LogP contribution in [0.1, 0.15) is 38.7 Å². The van der Waals surface area contributed by atoms with Crippen LogP contribution in [-0.2, 0) is 0 Å². The predicted octanol–water partition coefficient (Wildman–Crippen LogP) is 3.94. The molecule has 2 unspecified atom stereocenters. The average molecular weight is 270 g/mol. The van der Waals surface area contributed by atoms with E-state index in [0.29, 0.717) is 12.0 Å². The molecule has 0 heterocycles. The maximum Gasteiger partial charge on any atom is 0.0178 e. The zero-order valence-electron chi connectivity index (χ0n) is 9.76. The minimum absolute atomic E-state index is 0.562. The number of likely N-dealkylation sites (N-methyl/N-ethyl adjacent to an activating group) is 1. The summed E-state index contributed by atoms with van der Waals surface area (Å²) in [6.07, 6.45) is 1.17. The summed E-state index contributed by atoms with van der Waals surface area (Å²) in [7, 11) is 0. The van der Waals surface area contributed by atoms with E-state index < -0.39 is 0 Å². The minimum atomic E-state index is 0.562. The second-order valence-electron chi connectivity index (χ2n) is 3.92. The van der Waals surface area contributed by atoms with Crippen LogP contribution in [0.25, 0.3) is 0 Å². The lowest BCUT2D eigenvalue weighted by atomic mass is 9.92. The predicted molar refractivity (Wildman–Crippen MR) is 70.3 cm³/mol. The molecule has 0 bridgehead atoms. The van der Waals surface area contributed by atoms with Crippen LogP contribution in [0.2, 0.25) is 0 Å². The Bertz CT molecular complexity index is 298. The van der Waals surface area contributed by atoms with Gasteiger partial charge in [0, 0.05) is 10.5 Å². The molecular formula is C13H20BrN. The van der Waals surface area contributed by atoms with E-state index in [9.17, 15) is 0 Å². The number of benzene rings is 1. The fraction of sp³-hybridized carbons (Fsp3) is 0.538. The number of hydrogen-bond donors (Lipinski definition) is 1. The van der Waals surface area contributed by atoms with Gasteiger partial charge in [0.05, 0.1) is 0 Å². The van der Waals surface area contributed by atoms with Gasteiger partial charge in [0.15, 0.2) is 0 Å². The highest BCUT2D eigenvalue weighted by Gasteiger charge is 2.15. The molecule has 0 radical (unpaired) electrons. The van der Waals surface area contributed by atoms with Gasteiger partial charge in [0.1, 0.15) is 0 Å².